The quantitative estimate of drug-likeness (QED) is 0.740. The molecule has 1 aromatic rings. The summed E-state index contributed by atoms with van der Waals surface area (Å²) in [5.74, 6) is -0.171. The fraction of sp³-hybridized carbons (Fsp3) is 0.308. The van der Waals surface area contributed by atoms with Gasteiger partial charge in [0.05, 0.1) is 7.11 Å². The van der Waals surface area contributed by atoms with E-state index < -0.39 is 5.97 Å². The first kappa shape index (κ1) is 13.3. The molecular weight excluding hydrogens is 218 g/mol. The van der Waals surface area contributed by atoms with Crippen molar-refractivity contribution >= 4 is 5.97 Å². The third kappa shape index (κ3) is 3.92. The lowest BCUT2D eigenvalue weighted by atomic mass is 10.1. The summed E-state index contributed by atoms with van der Waals surface area (Å²) in [4.78, 5) is 10.6. The Bertz CT molecular complexity index is 398. The third-order valence-corrected chi connectivity index (χ3v) is 2.54. The highest BCUT2D eigenvalue weighted by atomic mass is 16.5. The van der Waals surface area contributed by atoms with Crippen LogP contribution in [0.5, 0.6) is 5.75 Å². The van der Waals surface area contributed by atoms with Crippen LogP contribution >= 0.6 is 0 Å². The van der Waals surface area contributed by atoms with Gasteiger partial charge in [-0.15, -0.1) is 0 Å². The minimum atomic E-state index is -0.973. The largest absolute Gasteiger partial charge is 0.497 e. The molecule has 0 aliphatic carbocycles. The summed E-state index contributed by atoms with van der Waals surface area (Å²) in [7, 11) is 1.62. The summed E-state index contributed by atoms with van der Waals surface area (Å²) in [5, 5.41) is 11.8. The van der Waals surface area contributed by atoms with E-state index in [-0.39, 0.29) is 18.2 Å². The molecule has 4 nitrogen and oxygen atoms in total. The number of benzene rings is 1. The van der Waals surface area contributed by atoms with Crippen LogP contribution in [0.3, 0.4) is 0 Å². The lowest BCUT2D eigenvalue weighted by Crippen LogP contribution is -2.23. The number of carboxylic acid groups (broad SMARTS) is 1. The minimum absolute atomic E-state index is 0.0667. The van der Waals surface area contributed by atoms with Gasteiger partial charge >= 0.3 is 5.97 Å². The Morgan fingerprint density at radius 2 is 2.06 bits per heavy atom. The Kier molecular flexibility index (Phi) is 4.72. The predicted octanol–water partition coefficient (Wildman–Crippen LogP) is 1.99. The number of rotatable bonds is 6. The van der Waals surface area contributed by atoms with Gasteiger partial charge in [-0.05, 0) is 24.6 Å². The van der Waals surface area contributed by atoms with Gasteiger partial charge in [0.1, 0.15) is 5.75 Å². The second kappa shape index (κ2) is 6.06. The molecule has 2 N–H and O–H groups in total. The topological polar surface area (TPSA) is 58.6 Å². The normalized spacial score (nSPS) is 11.9. The van der Waals surface area contributed by atoms with Crippen molar-refractivity contribution in [3.63, 3.8) is 0 Å². The molecule has 1 atom stereocenters. The third-order valence-electron chi connectivity index (χ3n) is 2.54. The lowest BCUT2D eigenvalue weighted by Gasteiger charge is -2.14. The number of carbonyl (C=O) groups is 1. The van der Waals surface area contributed by atoms with Gasteiger partial charge < -0.3 is 15.2 Å². The molecule has 0 aromatic heterocycles. The van der Waals surface area contributed by atoms with Crippen LogP contribution in [-0.2, 0) is 4.79 Å². The van der Waals surface area contributed by atoms with Crippen molar-refractivity contribution in [3.05, 3.63) is 42.0 Å². The molecule has 1 rings (SSSR count). The van der Waals surface area contributed by atoms with Crippen LogP contribution in [-0.4, -0.2) is 24.7 Å². The van der Waals surface area contributed by atoms with Crippen LogP contribution in [0.25, 0.3) is 0 Å². The molecule has 0 spiro atoms. The van der Waals surface area contributed by atoms with Crippen LogP contribution in [0.4, 0.5) is 0 Å². The number of nitrogens with one attached hydrogen (secondary N) is 1. The van der Waals surface area contributed by atoms with Crippen molar-refractivity contribution in [2.45, 2.75) is 13.0 Å². The first-order valence-corrected chi connectivity index (χ1v) is 5.33. The molecular formula is C13H17NO3. The average molecular weight is 235 g/mol. The van der Waals surface area contributed by atoms with Crippen molar-refractivity contribution in [2.75, 3.05) is 13.7 Å². The fourth-order valence-electron chi connectivity index (χ4n) is 1.36. The molecule has 0 heterocycles. The Morgan fingerprint density at radius 3 is 2.53 bits per heavy atom. The molecule has 0 radical (unpaired) electrons. The van der Waals surface area contributed by atoms with Gasteiger partial charge in [-0.2, -0.15) is 0 Å². The molecule has 17 heavy (non-hydrogen) atoms. The first-order valence-electron chi connectivity index (χ1n) is 5.33. The summed E-state index contributed by atoms with van der Waals surface area (Å²) in [6.07, 6.45) is 0. The maximum Gasteiger partial charge on any atom is 0.332 e. The van der Waals surface area contributed by atoms with Gasteiger partial charge in [0.2, 0.25) is 0 Å². The van der Waals surface area contributed by atoms with Gasteiger partial charge in [0.15, 0.2) is 0 Å². The van der Waals surface area contributed by atoms with Crippen molar-refractivity contribution in [1.82, 2.24) is 5.32 Å². The highest BCUT2D eigenvalue weighted by Crippen LogP contribution is 2.17. The van der Waals surface area contributed by atoms with Crippen molar-refractivity contribution < 1.29 is 14.6 Å². The van der Waals surface area contributed by atoms with Gasteiger partial charge in [-0.1, -0.05) is 18.7 Å². The molecule has 0 bridgehead atoms. The zero-order valence-electron chi connectivity index (χ0n) is 10.1. The molecule has 0 saturated carbocycles. The van der Waals surface area contributed by atoms with Gasteiger partial charge in [0.25, 0.3) is 0 Å². The molecule has 4 heteroatoms. The summed E-state index contributed by atoms with van der Waals surface area (Å²) >= 11 is 0. The monoisotopic (exact) mass is 235 g/mol. The van der Waals surface area contributed by atoms with E-state index in [0.717, 1.165) is 11.3 Å². The summed E-state index contributed by atoms with van der Waals surface area (Å²) in [6, 6.07) is 7.70. The van der Waals surface area contributed by atoms with E-state index >= 15 is 0 Å². The molecule has 0 aliphatic rings. The van der Waals surface area contributed by atoms with E-state index in [0.29, 0.717) is 0 Å². The van der Waals surface area contributed by atoms with E-state index in [4.69, 9.17) is 9.84 Å². The van der Waals surface area contributed by atoms with Gasteiger partial charge in [-0.25, -0.2) is 4.79 Å². The van der Waals surface area contributed by atoms with Crippen LogP contribution in [0.2, 0.25) is 0 Å². The van der Waals surface area contributed by atoms with Gasteiger partial charge in [0, 0.05) is 18.2 Å². The van der Waals surface area contributed by atoms with Crippen molar-refractivity contribution in [2.24, 2.45) is 0 Å². The van der Waals surface area contributed by atoms with E-state index in [1.54, 1.807) is 7.11 Å². The number of methoxy groups -OCH3 is 1. The van der Waals surface area contributed by atoms with Crippen LogP contribution < -0.4 is 10.1 Å². The average Bonchev–Trinajstić information content (AvgIpc) is 2.35. The Hall–Kier alpha value is -1.81. The van der Waals surface area contributed by atoms with E-state index in [2.05, 4.69) is 11.9 Å². The number of carboxylic acids is 1. The number of ether oxygens (including phenoxy) is 1. The summed E-state index contributed by atoms with van der Waals surface area (Å²) in [6.45, 7) is 5.70. The molecule has 0 aliphatic heterocycles. The first-order chi connectivity index (χ1) is 8.04. The summed E-state index contributed by atoms with van der Waals surface area (Å²) in [5.41, 5.74) is 1.23. The Balaban J connectivity index is 2.54. The standard InChI is InChI=1S/C13H17NO3/c1-9(13(15)16)8-14-10(2)11-4-6-12(17-3)7-5-11/h4-7,10,14H,1,8H2,2-3H3,(H,15,16). The molecule has 1 unspecified atom stereocenters. The maximum absolute atomic E-state index is 10.6. The van der Waals surface area contributed by atoms with Gasteiger partial charge in [-0.3, -0.25) is 0 Å². The SMILES string of the molecule is C=C(CNC(C)c1ccc(OC)cc1)C(=O)O. The number of aliphatic carboxylic acids is 1. The predicted molar refractivity (Wildman–Crippen MR) is 66.2 cm³/mol. The zero-order valence-corrected chi connectivity index (χ0v) is 10.1. The van der Waals surface area contributed by atoms with Crippen LogP contribution in [0, 0.1) is 0 Å². The lowest BCUT2D eigenvalue weighted by molar-refractivity contribution is -0.132. The molecule has 92 valence electrons. The molecule has 0 amide bonds. The fourth-order valence-corrected chi connectivity index (χ4v) is 1.36. The highest BCUT2D eigenvalue weighted by molar-refractivity contribution is 5.86. The molecule has 1 aromatic carbocycles. The zero-order chi connectivity index (χ0) is 12.8. The summed E-state index contributed by atoms with van der Waals surface area (Å²) < 4.78 is 5.07. The second-order valence-electron chi connectivity index (χ2n) is 3.78. The van der Waals surface area contributed by atoms with Crippen molar-refractivity contribution in [1.29, 1.82) is 0 Å². The van der Waals surface area contributed by atoms with E-state index in [9.17, 15) is 4.79 Å². The Labute approximate surface area is 101 Å². The van der Waals surface area contributed by atoms with Crippen molar-refractivity contribution in [3.8, 4) is 5.75 Å². The second-order valence-corrected chi connectivity index (χ2v) is 3.78. The van der Waals surface area contributed by atoms with Crippen LogP contribution in [0.1, 0.15) is 18.5 Å². The highest BCUT2D eigenvalue weighted by Gasteiger charge is 2.08. The van der Waals surface area contributed by atoms with E-state index in [1.165, 1.54) is 0 Å². The molecule has 0 saturated heterocycles. The number of hydrogen-bond acceptors (Lipinski definition) is 3. The maximum atomic E-state index is 10.6. The minimum Gasteiger partial charge on any atom is -0.497 e. The number of hydrogen-bond donors (Lipinski definition) is 2. The van der Waals surface area contributed by atoms with Crippen LogP contribution in [0.15, 0.2) is 36.4 Å². The van der Waals surface area contributed by atoms with E-state index in [1.807, 2.05) is 31.2 Å². The molecule has 0 fully saturated rings. The Morgan fingerprint density at radius 1 is 1.47 bits per heavy atom. The smallest absolute Gasteiger partial charge is 0.332 e.